The topological polar surface area (TPSA) is 69.7 Å². The number of amides is 3. The predicted octanol–water partition coefficient (Wildman–Crippen LogP) is 3.72. The fourth-order valence-electron chi connectivity index (χ4n) is 5.38. The average Bonchev–Trinajstić information content (AvgIpc) is 3.33. The van der Waals surface area contributed by atoms with E-state index >= 15 is 0 Å². The molecule has 33 heavy (non-hydrogen) atoms. The van der Waals surface area contributed by atoms with Crippen molar-refractivity contribution in [3.63, 3.8) is 0 Å². The van der Waals surface area contributed by atoms with Crippen LogP contribution in [0.4, 0.5) is 17.1 Å². The minimum absolute atomic E-state index is 0.259. The van der Waals surface area contributed by atoms with Gasteiger partial charge < -0.3 is 10.2 Å². The number of fused-ring (bicyclic) bond motifs is 5. The van der Waals surface area contributed by atoms with Crippen LogP contribution in [0.25, 0.3) is 6.08 Å². The molecular formula is C27H21N3O3. The lowest BCUT2D eigenvalue weighted by Gasteiger charge is -2.36. The van der Waals surface area contributed by atoms with Crippen molar-refractivity contribution >= 4 is 40.9 Å². The number of nitrogens with one attached hydrogen (secondary N) is 1. The molecule has 0 aromatic heterocycles. The van der Waals surface area contributed by atoms with Crippen molar-refractivity contribution in [2.45, 2.75) is 12.1 Å². The van der Waals surface area contributed by atoms with E-state index in [2.05, 4.69) is 5.32 Å². The molecule has 2 fully saturated rings. The Balaban J connectivity index is 1.45. The monoisotopic (exact) mass is 435 g/mol. The summed E-state index contributed by atoms with van der Waals surface area (Å²) >= 11 is 0. The van der Waals surface area contributed by atoms with E-state index in [-0.39, 0.29) is 23.8 Å². The summed E-state index contributed by atoms with van der Waals surface area (Å²) in [5.41, 5.74) is 3.02. The molecule has 1 N–H and O–H groups in total. The molecule has 3 aromatic rings. The number of anilines is 3. The molecule has 3 aliphatic heterocycles. The number of carbonyl (C=O) groups is 3. The summed E-state index contributed by atoms with van der Waals surface area (Å²) in [5, 5.41) is 2.96. The van der Waals surface area contributed by atoms with Crippen LogP contribution in [0.15, 0.2) is 91.0 Å². The van der Waals surface area contributed by atoms with E-state index < -0.39 is 17.9 Å². The van der Waals surface area contributed by atoms with Gasteiger partial charge in [0.15, 0.2) is 0 Å². The number of para-hydroxylation sites is 3. The molecule has 0 bridgehead atoms. The first-order chi connectivity index (χ1) is 16.1. The fourth-order valence-corrected chi connectivity index (χ4v) is 5.38. The Kier molecular flexibility index (Phi) is 4.40. The molecule has 4 unspecified atom stereocenters. The Bertz CT molecular complexity index is 1290. The summed E-state index contributed by atoms with van der Waals surface area (Å²) in [6, 6.07) is 24.7. The maximum atomic E-state index is 13.7. The zero-order chi connectivity index (χ0) is 22.5. The van der Waals surface area contributed by atoms with Gasteiger partial charge in [0.1, 0.15) is 6.04 Å². The Hall–Kier alpha value is -4.19. The van der Waals surface area contributed by atoms with Crippen molar-refractivity contribution in [3.8, 4) is 0 Å². The smallest absolute Gasteiger partial charge is 0.247 e. The van der Waals surface area contributed by atoms with Crippen molar-refractivity contribution in [1.82, 2.24) is 0 Å². The minimum atomic E-state index is -0.809. The number of rotatable bonds is 3. The fraction of sp³-hybridized carbons (Fsp3) is 0.148. The Morgan fingerprint density at radius 1 is 0.758 bits per heavy atom. The highest BCUT2D eigenvalue weighted by atomic mass is 16.2. The van der Waals surface area contributed by atoms with Crippen LogP contribution in [0.3, 0.4) is 0 Å². The van der Waals surface area contributed by atoms with Gasteiger partial charge in [-0.2, -0.15) is 0 Å². The van der Waals surface area contributed by atoms with E-state index in [1.165, 1.54) is 4.90 Å². The Labute approximate surface area is 191 Å². The molecule has 3 amide bonds. The summed E-state index contributed by atoms with van der Waals surface area (Å²) < 4.78 is 0. The highest BCUT2D eigenvalue weighted by Gasteiger charge is 2.64. The van der Waals surface area contributed by atoms with Crippen LogP contribution in [0.5, 0.6) is 0 Å². The van der Waals surface area contributed by atoms with Gasteiger partial charge in [0.25, 0.3) is 0 Å². The number of imide groups is 1. The van der Waals surface area contributed by atoms with Crippen LogP contribution in [0.1, 0.15) is 5.56 Å². The van der Waals surface area contributed by atoms with Crippen LogP contribution < -0.4 is 15.1 Å². The van der Waals surface area contributed by atoms with Gasteiger partial charge in [-0.3, -0.25) is 14.4 Å². The third kappa shape index (κ3) is 2.91. The maximum Gasteiger partial charge on any atom is 0.247 e. The summed E-state index contributed by atoms with van der Waals surface area (Å²) in [7, 11) is 0. The summed E-state index contributed by atoms with van der Waals surface area (Å²) in [4.78, 5) is 44.2. The average molecular weight is 435 g/mol. The molecule has 3 aromatic carbocycles. The maximum absolute atomic E-state index is 13.7. The van der Waals surface area contributed by atoms with Crippen LogP contribution in [0.2, 0.25) is 0 Å². The molecular weight excluding hydrogens is 414 g/mol. The first kappa shape index (κ1) is 19.5. The highest BCUT2D eigenvalue weighted by molar-refractivity contribution is 6.25. The van der Waals surface area contributed by atoms with Crippen LogP contribution in [-0.2, 0) is 14.4 Å². The second kappa shape index (κ2) is 7.45. The molecule has 6 heteroatoms. The quantitative estimate of drug-likeness (QED) is 0.637. The molecule has 0 saturated carbocycles. The van der Waals surface area contributed by atoms with E-state index in [4.69, 9.17) is 0 Å². The van der Waals surface area contributed by atoms with Gasteiger partial charge in [-0.15, -0.1) is 0 Å². The Morgan fingerprint density at radius 3 is 2.15 bits per heavy atom. The van der Waals surface area contributed by atoms with Gasteiger partial charge in [-0.1, -0.05) is 66.7 Å². The summed E-state index contributed by atoms with van der Waals surface area (Å²) in [6.45, 7) is 0. The van der Waals surface area contributed by atoms with E-state index in [0.29, 0.717) is 11.4 Å². The lowest BCUT2D eigenvalue weighted by Crippen LogP contribution is -2.50. The molecule has 2 saturated heterocycles. The molecule has 0 spiro atoms. The Morgan fingerprint density at radius 2 is 1.39 bits per heavy atom. The van der Waals surface area contributed by atoms with E-state index in [0.717, 1.165) is 11.3 Å². The molecule has 4 atom stereocenters. The SMILES string of the molecule is O=C(Nc1ccccc1)C1C2C(=O)N(c3ccccc3)C(=O)C2C2C=Cc3ccccc3N21. The lowest BCUT2D eigenvalue weighted by atomic mass is 9.88. The van der Waals surface area contributed by atoms with Gasteiger partial charge in [0.05, 0.1) is 23.6 Å². The molecule has 6 rings (SSSR count). The normalized spacial score (nSPS) is 25.0. The van der Waals surface area contributed by atoms with Gasteiger partial charge in [0.2, 0.25) is 17.7 Å². The third-order valence-electron chi connectivity index (χ3n) is 6.74. The standard InChI is InChI=1S/C27H21N3O3/c31-25(28-18-10-3-1-4-11-18)24-23-22(21-16-15-17-9-7-8-14-20(17)30(21)24)26(32)29(27(23)33)19-12-5-2-6-13-19/h1-16,21-24H,(H,28,31). The van der Waals surface area contributed by atoms with E-state index in [1.807, 2.05) is 77.7 Å². The van der Waals surface area contributed by atoms with Gasteiger partial charge in [-0.05, 0) is 35.9 Å². The lowest BCUT2D eigenvalue weighted by molar-refractivity contribution is -0.126. The second-order valence-electron chi connectivity index (χ2n) is 8.51. The summed E-state index contributed by atoms with van der Waals surface area (Å²) in [6.07, 6.45) is 3.93. The summed E-state index contributed by atoms with van der Waals surface area (Å²) in [5.74, 6) is -2.29. The first-order valence-electron chi connectivity index (χ1n) is 11.0. The molecule has 162 valence electrons. The van der Waals surface area contributed by atoms with E-state index in [9.17, 15) is 14.4 Å². The molecule has 0 radical (unpaired) electrons. The number of carbonyl (C=O) groups excluding carboxylic acids is 3. The molecule has 3 heterocycles. The van der Waals surface area contributed by atoms with Crippen molar-refractivity contribution in [2.75, 3.05) is 15.1 Å². The number of nitrogens with zero attached hydrogens (tertiary/aromatic N) is 2. The minimum Gasteiger partial charge on any atom is -0.351 e. The van der Waals surface area contributed by atoms with Gasteiger partial charge >= 0.3 is 0 Å². The zero-order valence-electron chi connectivity index (χ0n) is 17.7. The van der Waals surface area contributed by atoms with Crippen molar-refractivity contribution in [3.05, 3.63) is 96.6 Å². The third-order valence-corrected chi connectivity index (χ3v) is 6.74. The number of hydrogen-bond donors (Lipinski definition) is 1. The molecule has 0 aliphatic carbocycles. The van der Waals surface area contributed by atoms with Crippen LogP contribution in [-0.4, -0.2) is 29.8 Å². The molecule has 6 nitrogen and oxygen atoms in total. The second-order valence-corrected chi connectivity index (χ2v) is 8.51. The van der Waals surface area contributed by atoms with Crippen LogP contribution in [0, 0.1) is 11.8 Å². The number of hydrogen-bond acceptors (Lipinski definition) is 4. The molecule has 3 aliphatic rings. The van der Waals surface area contributed by atoms with Crippen molar-refractivity contribution in [2.24, 2.45) is 11.8 Å². The first-order valence-corrected chi connectivity index (χ1v) is 11.0. The predicted molar refractivity (Wildman–Crippen MR) is 127 cm³/mol. The van der Waals surface area contributed by atoms with Gasteiger partial charge in [-0.25, -0.2) is 4.90 Å². The van der Waals surface area contributed by atoms with Crippen molar-refractivity contribution < 1.29 is 14.4 Å². The van der Waals surface area contributed by atoms with Crippen LogP contribution >= 0.6 is 0 Å². The highest BCUT2D eigenvalue weighted by Crippen LogP contribution is 2.49. The largest absolute Gasteiger partial charge is 0.351 e. The number of benzene rings is 3. The zero-order valence-corrected chi connectivity index (χ0v) is 17.7. The van der Waals surface area contributed by atoms with Gasteiger partial charge in [0, 0.05) is 11.4 Å². The van der Waals surface area contributed by atoms with E-state index in [1.54, 1.807) is 24.3 Å². The van der Waals surface area contributed by atoms with Crippen molar-refractivity contribution in [1.29, 1.82) is 0 Å².